The summed E-state index contributed by atoms with van der Waals surface area (Å²) < 4.78 is 6.00. The first-order chi connectivity index (χ1) is 12.5. The maximum atomic E-state index is 12.8. The molecule has 2 aromatic carbocycles. The average molecular weight is 391 g/mol. The molecule has 0 spiro atoms. The van der Waals surface area contributed by atoms with Gasteiger partial charge in [0.15, 0.2) is 0 Å². The van der Waals surface area contributed by atoms with Gasteiger partial charge in [-0.25, -0.2) is 0 Å². The molecule has 3 nitrogen and oxygen atoms in total. The molecule has 1 heterocycles. The maximum Gasteiger partial charge on any atom is 0.249 e. The van der Waals surface area contributed by atoms with E-state index in [1.807, 2.05) is 60.4 Å². The summed E-state index contributed by atoms with van der Waals surface area (Å²) >= 11 is 12.3. The molecular formula is C21H22Cl2NO2. The number of nitrogens with zero attached hydrogens (tertiary/aromatic N) is 1. The quantitative estimate of drug-likeness (QED) is 0.660. The molecule has 1 amide bonds. The van der Waals surface area contributed by atoms with E-state index in [1.165, 1.54) is 0 Å². The largest absolute Gasteiger partial charge is 0.361 e. The molecule has 26 heavy (non-hydrogen) atoms. The molecule has 1 aliphatic rings. The summed E-state index contributed by atoms with van der Waals surface area (Å²) in [4.78, 5) is 14.7. The van der Waals surface area contributed by atoms with Crippen molar-refractivity contribution < 1.29 is 9.53 Å². The molecule has 1 aliphatic heterocycles. The van der Waals surface area contributed by atoms with Gasteiger partial charge in [-0.2, -0.15) is 0 Å². The number of morpholine rings is 1. The van der Waals surface area contributed by atoms with Crippen molar-refractivity contribution >= 4 is 29.1 Å². The lowest BCUT2D eigenvalue weighted by atomic mass is 9.90. The Morgan fingerprint density at radius 2 is 1.88 bits per heavy atom. The summed E-state index contributed by atoms with van der Waals surface area (Å²) in [6, 6.07) is 15.0. The van der Waals surface area contributed by atoms with Gasteiger partial charge in [-0.15, -0.1) is 0 Å². The van der Waals surface area contributed by atoms with Gasteiger partial charge in [0.2, 0.25) is 5.91 Å². The van der Waals surface area contributed by atoms with Crippen LogP contribution >= 0.6 is 23.2 Å². The number of rotatable bonds is 5. The van der Waals surface area contributed by atoms with Crippen molar-refractivity contribution in [2.75, 3.05) is 6.61 Å². The molecule has 0 aromatic heterocycles. The van der Waals surface area contributed by atoms with Crippen molar-refractivity contribution in [3.63, 3.8) is 0 Å². The van der Waals surface area contributed by atoms with Crippen LogP contribution < -0.4 is 0 Å². The second-order valence-corrected chi connectivity index (χ2v) is 7.27. The molecule has 0 unspecified atom stereocenters. The molecule has 1 saturated heterocycles. The highest BCUT2D eigenvalue weighted by molar-refractivity contribution is 6.30. The number of benzene rings is 2. The topological polar surface area (TPSA) is 29.5 Å². The zero-order valence-corrected chi connectivity index (χ0v) is 16.4. The van der Waals surface area contributed by atoms with Crippen LogP contribution in [0.1, 0.15) is 43.5 Å². The van der Waals surface area contributed by atoms with Crippen molar-refractivity contribution in [3.05, 3.63) is 76.1 Å². The van der Waals surface area contributed by atoms with Gasteiger partial charge in [0.05, 0.1) is 6.04 Å². The molecule has 1 radical (unpaired) electrons. The fraction of sp³-hybridized carbons (Fsp3) is 0.333. The molecular weight excluding hydrogens is 369 g/mol. The summed E-state index contributed by atoms with van der Waals surface area (Å²) in [5.41, 5.74) is 1.95. The summed E-state index contributed by atoms with van der Waals surface area (Å²) in [5.74, 6) is -0.00632. The number of amides is 1. The molecule has 0 bridgehead atoms. The molecule has 0 saturated carbocycles. The molecule has 1 fully saturated rings. The van der Waals surface area contributed by atoms with Crippen molar-refractivity contribution in [3.8, 4) is 0 Å². The zero-order valence-electron chi connectivity index (χ0n) is 14.9. The van der Waals surface area contributed by atoms with Gasteiger partial charge >= 0.3 is 0 Å². The van der Waals surface area contributed by atoms with Gasteiger partial charge in [0.25, 0.3) is 0 Å². The monoisotopic (exact) mass is 390 g/mol. The number of carbonyl (C=O) groups is 1. The zero-order chi connectivity index (χ0) is 18.7. The number of hydrogen-bond acceptors (Lipinski definition) is 2. The summed E-state index contributed by atoms with van der Waals surface area (Å²) in [6.07, 6.45) is 2.62. The van der Waals surface area contributed by atoms with Crippen LogP contribution in [0.5, 0.6) is 0 Å². The second-order valence-electron chi connectivity index (χ2n) is 6.39. The first-order valence-corrected chi connectivity index (χ1v) is 9.54. The first-order valence-electron chi connectivity index (χ1n) is 8.78. The number of hydrogen-bond donors (Lipinski definition) is 0. The van der Waals surface area contributed by atoms with E-state index in [0.29, 0.717) is 10.0 Å². The van der Waals surface area contributed by atoms with E-state index in [9.17, 15) is 4.79 Å². The predicted molar refractivity (Wildman–Crippen MR) is 105 cm³/mol. The maximum absolute atomic E-state index is 12.8. The van der Waals surface area contributed by atoms with Gasteiger partial charge in [0.1, 0.15) is 12.7 Å². The van der Waals surface area contributed by atoms with Crippen LogP contribution in [0.4, 0.5) is 0 Å². The predicted octanol–water partition coefficient (Wildman–Crippen LogP) is 5.64. The number of carbonyl (C=O) groups excluding carboxylic acids is 1. The van der Waals surface area contributed by atoms with Gasteiger partial charge < -0.3 is 9.64 Å². The number of halogens is 2. The van der Waals surface area contributed by atoms with Crippen molar-refractivity contribution in [1.82, 2.24) is 4.90 Å². The van der Waals surface area contributed by atoms with Crippen molar-refractivity contribution in [1.29, 1.82) is 0 Å². The Hall–Kier alpha value is -1.55. The Labute approximate surface area is 164 Å². The minimum Gasteiger partial charge on any atom is -0.361 e. The van der Waals surface area contributed by atoms with Crippen LogP contribution in [0, 0.1) is 6.42 Å². The van der Waals surface area contributed by atoms with Crippen LogP contribution in [0.25, 0.3) is 0 Å². The van der Waals surface area contributed by atoms with Crippen LogP contribution in [0.2, 0.25) is 10.0 Å². The average Bonchev–Trinajstić information content (AvgIpc) is 2.64. The van der Waals surface area contributed by atoms with Gasteiger partial charge in [0, 0.05) is 16.1 Å². The third-order valence-corrected chi connectivity index (χ3v) is 5.30. The van der Waals surface area contributed by atoms with Crippen LogP contribution in [0.15, 0.2) is 48.5 Å². The van der Waals surface area contributed by atoms with Crippen LogP contribution in [0.3, 0.4) is 0 Å². The van der Waals surface area contributed by atoms with E-state index in [0.717, 1.165) is 17.5 Å². The van der Waals surface area contributed by atoms with Gasteiger partial charge in [-0.1, -0.05) is 61.3 Å². The Balaban J connectivity index is 2.09. The van der Waals surface area contributed by atoms with E-state index in [-0.39, 0.29) is 30.7 Å². The second kappa shape index (κ2) is 8.43. The lowest BCUT2D eigenvalue weighted by Crippen LogP contribution is -2.50. The summed E-state index contributed by atoms with van der Waals surface area (Å²) in [6.45, 7) is 4.14. The molecule has 2 aromatic rings. The first kappa shape index (κ1) is 19.2. The van der Waals surface area contributed by atoms with E-state index in [2.05, 4.69) is 13.3 Å². The van der Waals surface area contributed by atoms with Crippen molar-refractivity contribution in [2.45, 2.75) is 38.5 Å². The molecule has 0 aliphatic carbocycles. The normalized spacial score (nSPS) is 20.7. The molecule has 0 N–H and O–H groups in total. The van der Waals surface area contributed by atoms with Gasteiger partial charge in [-0.05, 0) is 48.2 Å². The summed E-state index contributed by atoms with van der Waals surface area (Å²) in [5, 5.41) is 1.32. The fourth-order valence-corrected chi connectivity index (χ4v) is 3.89. The minimum absolute atomic E-state index is 0.00632. The Morgan fingerprint density at radius 1 is 1.15 bits per heavy atom. The Morgan fingerprint density at radius 3 is 2.50 bits per heavy atom. The molecule has 5 heteroatoms. The fourth-order valence-electron chi connectivity index (χ4n) is 3.57. The molecule has 3 rings (SSSR count). The highest BCUT2D eigenvalue weighted by Gasteiger charge is 2.41. The summed E-state index contributed by atoms with van der Waals surface area (Å²) in [7, 11) is 0. The highest BCUT2D eigenvalue weighted by atomic mass is 35.5. The smallest absolute Gasteiger partial charge is 0.249 e. The lowest BCUT2D eigenvalue weighted by molar-refractivity contribution is -0.162. The van der Waals surface area contributed by atoms with E-state index < -0.39 is 0 Å². The minimum atomic E-state index is -0.290. The lowest BCUT2D eigenvalue weighted by Gasteiger charge is -2.45. The standard InChI is InChI=1S/C21H22Cl2NO2/c1-3-18(4-2)24-19(25)13-26-21(15-6-5-7-17(23)12-15)20(24)14-8-10-16(22)11-9-14/h3,5-12,18,20-21H,4,13H2,1-2H3/t18-,20-,21-/m0/s1. The van der Waals surface area contributed by atoms with Gasteiger partial charge in [-0.3, -0.25) is 4.79 Å². The molecule has 3 atom stereocenters. The van der Waals surface area contributed by atoms with Crippen LogP contribution in [-0.2, 0) is 9.53 Å². The number of ether oxygens (including phenoxy) is 1. The third-order valence-electron chi connectivity index (χ3n) is 4.81. The Kier molecular flexibility index (Phi) is 6.23. The van der Waals surface area contributed by atoms with E-state index in [1.54, 1.807) is 0 Å². The molecule has 137 valence electrons. The highest BCUT2D eigenvalue weighted by Crippen LogP contribution is 2.42. The van der Waals surface area contributed by atoms with E-state index >= 15 is 0 Å². The Bertz CT molecular complexity index is 759. The third kappa shape index (κ3) is 3.90. The van der Waals surface area contributed by atoms with Crippen LogP contribution in [-0.4, -0.2) is 23.5 Å². The van der Waals surface area contributed by atoms with Crippen molar-refractivity contribution in [2.24, 2.45) is 0 Å². The van der Waals surface area contributed by atoms with E-state index in [4.69, 9.17) is 27.9 Å². The SMILES string of the molecule is C[CH][C@@H](CC)N1C(=O)CO[C@@H](c2cccc(Cl)c2)[C@@H]1c1ccc(Cl)cc1.